The molecule has 0 aliphatic rings. The number of nitrogens with zero attached hydrogens (tertiary/aromatic N) is 2. The first-order valence-corrected chi connectivity index (χ1v) is 10.7. The van der Waals surface area contributed by atoms with Crippen LogP contribution in [0.5, 0.6) is 5.75 Å². The monoisotopic (exact) mass is 430 g/mol. The zero-order valence-electron chi connectivity index (χ0n) is 18.0. The molecule has 4 rings (SSSR count). The highest BCUT2D eigenvalue weighted by molar-refractivity contribution is 5.49. The molecule has 0 unspecified atom stereocenters. The van der Waals surface area contributed by atoms with Gasteiger partial charge in [-0.1, -0.05) is 91.0 Å². The van der Waals surface area contributed by atoms with Gasteiger partial charge in [0.1, 0.15) is 30.1 Å². The highest BCUT2D eigenvalue weighted by Crippen LogP contribution is 2.40. The molecule has 0 saturated heterocycles. The van der Waals surface area contributed by atoms with E-state index in [-0.39, 0.29) is 6.61 Å². The lowest BCUT2D eigenvalue weighted by Crippen LogP contribution is -2.34. The van der Waals surface area contributed by atoms with Gasteiger partial charge in [0.25, 0.3) is 0 Å². The van der Waals surface area contributed by atoms with Crippen molar-refractivity contribution in [3.8, 4) is 17.9 Å². The zero-order chi connectivity index (χ0) is 22.9. The van der Waals surface area contributed by atoms with Crippen molar-refractivity contribution < 1.29 is 9.47 Å². The molecule has 4 aromatic rings. The van der Waals surface area contributed by atoms with E-state index in [1.165, 1.54) is 0 Å². The van der Waals surface area contributed by atoms with Crippen molar-refractivity contribution in [1.82, 2.24) is 0 Å². The molecule has 0 atom stereocenters. The van der Waals surface area contributed by atoms with E-state index in [1.807, 2.05) is 66.7 Å². The molecule has 0 bridgehead atoms. The van der Waals surface area contributed by atoms with Crippen LogP contribution in [0.4, 0.5) is 0 Å². The van der Waals surface area contributed by atoms with E-state index in [0.717, 1.165) is 16.7 Å². The van der Waals surface area contributed by atoms with Crippen LogP contribution in [-0.4, -0.2) is 13.2 Å². The second-order valence-corrected chi connectivity index (χ2v) is 7.41. The summed E-state index contributed by atoms with van der Waals surface area (Å²) in [5.74, 6) is 0.527. The Morgan fingerprint density at radius 2 is 1.06 bits per heavy atom. The summed E-state index contributed by atoms with van der Waals surface area (Å²) in [5, 5.41) is 18.4. The summed E-state index contributed by atoms with van der Waals surface area (Å²) < 4.78 is 12.5. The molecular formula is C29H22N2O2. The maximum absolute atomic E-state index is 9.25. The fourth-order valence-electron chi connectivity index (χ4n) is 3.93. The van der Waals surface area contributed by atoms with Gasteiger partial charge in [0.2, 0.25) is 0 Å². The summed E-state index contributed by atoms with van der Waals surface area (Å²) in [7, 11) is 0. The van der Waals surface area contributed by atoms with E-state index in [0.29, 0.717) is 23.5 Å². The smallest absolute Gasteiger partial charge is 0.143 e. The molecule has 4 nitrogen and oxygen atoms in total. The second kappa shape index (κ2) is 10.3. The quantitative estimate of drug-likeness (QED) is 0.261. The second-order valence-electron chi connectivity index (χ2n) is 7.41. The van der Waals surface area contributed by atoms with Crippen LogP contribution < -0.4 is 4.74 Å². The van der Waals surface area contributed by atoms with Gasteiger partial charge in [0.15, 0.2) is 0 Å². The lowest BCUT2D eigenvalue weighted by Gasteiger charge is -2.36. The minimum Gasteiger partial charge on any atom is -0.491 e. The average molecular weight is 431 g/mol. The van der Waals surface area contributed by atoms with Gasteiger partial charge >= 0.3 is 0 Å². The lowest BCUT2D eigenvalue weighted by atomic mass is 9.80. The van der Waals surface area contributed by atoms with Gasteiger partial charge in [-0.3, -0.25) is 0 Å². The molecule has 33 heavy (non-hydrogen) atoms. The summed E-state index contributed by atoms with van der Waals surface area (Å²) in [6.45, 7) is 0.589. The number of hydrogen-bond acceptors (Lipinski definition) is 4. The largest absolute Gasteiger partial charge is 0.491 e. The summed E-state index contributed by atoms with van der Waals surface area (Å²) in [6.07, 6.45) is 0. The third-order valence-electron chi connectivity index (χ3n) is 5.44. The van der Waals surface area contributed by atoms with Crippen LogP contribution in [-0.2, 0) is 10.3 Å². The molecule has 0 spiro atoms. The van der Waals surface area contributed by atoms with Crippen molar-refractivity contribution in [3.05, 3.63) is 137 Å². The van der Waals surface area contributed by atoms with Crippen LogP contribution in [0.1, 0.15) is 27.8 Å². The van der Waals surface area contributed by atoms with Gasteiger partial charge in [0.05, 0.1) is 17.7 Å². The van der Waals surface area contributed by atoms with Crippen LogP contribution in [0.15, 0.2) is 109 Å². The molecule has 0 saturated carbocycles. The predicted octanol–water partition coefficient (Wildman–Crippen LogP) is 5.82. The number of rotatable bonds is 8. The van der Waals surface area contributed by atoms with E-state index in [4.69, 9.17) is 14.7 Å². The first-order valence-electron chi connectivity index (χ1n) is 10.7. The molecule has 4 heteroatoms. The average Bonchev–Trinajstić information content (AvgIpc) is 2.90. The Hall–Kier alpha value is -4.38. The maximum atomic E-state index is 9.25. The van der Waals surface area contributed by atoms with Gasteiger partial charge in [-0.25, -0.2) is 0 Å². The van der Waals surface area contributed by atoms with Crippen molar-refractivity contribution in [2.24, 2.45) is 0 Å². The Labute approximate surface area is 193 Å². The Kier molecular flexibility index (Phi) is 6.81. The fourth-order valence-corrected chi connectivity index (χ4v) is 3.93. The van der Waals surface area contributed by atoms with Gasteiger partial charge in [0, 0.05) is 0 Å². The SMILES string of the molecule is N#Cc1ccc(OCCOC(c2ccccc2)(c2ccccc2)c2ccccc2)cc1C#N. The first kappa shape index (κ1) is 21.8. The van der Waals surface area contributed by atoms with E-state index >= 15 is 0 Å². The normalized spacial score (nSPS) is 10.7. The molecule has 0 amide bonds. The third kappa shape index (κ3) is 4.62. The van der Waals surface area contributed by atoms with E-state index in [9.17, 15) is 5.26 Å². The van der Waals surface area contributed by atoms with Crippen molar-refractivity contribution in [2.45, 2.75) is 5.60 Å². The maximum Gasteiger partial charge on any atom is 0.143 e. The van der Waals surface area contributed by atoms with Crippen molar-refractivity contribution in [3.63, 3.8) is 0 Å². The van der Waals surface area contributed by atoms with Crippen LogP contribution in [0, 0.1) is 22.7 Å². The Morgan fingerprint density at radius 1 is 0.576 bits per heavy atom. The van der Waals surface area contributed by atoms with Gasteiger partial charge < -0.3 is 9.47 Å². The molecule has 0 fully saturated rings. The number of nitriles is 2. The minimum absolute atomic E-state index is 0.283. The Bertz CT molecular complexity index is 1180. The lowest BCUT2D eigenvalue weighted by molar-refractivity contribution is -0.00240. The Balaban J connectivity index is 1.64. The van der Waals surface area contributed by atoms with Crippen LogP contribution >= 0.6 is 0 Å². The highest BCUT2D eigenvalue weighted by Gasteiger charge is 2.37. The molecule has 0 radical (unpaired) electrons. The summed E-state index contributed by atoms with van der Waals surface area (Å²) in [5.41, 5.74) is 2.88. The van der Waals surface area contributed by atoms with E-state index in [1.54, 1.807) is 18.2 Å². The zero-order valence-corrected chi connectivity index (χ0v) is 18.0. The molecular weight excluding hydrogens is 408 g/mol. The first-order chi connectivity index (χ1) is 16.3. The minimum atomic E-state index is -0.810. The summed E-state index contributed by atoms with van der Waals surface area (Å²) >= 11 is 0. The molecule has 4 aromatic carbocycles. The summed E-state index contributed by atoms with van der Waals surface area (Å²) in [6, 6.07) is 39.4. The van der Waals surface area contributed by atoms with Crippen molar-refractivity contribution in [2.75, 3.05) is 13.2 Å². The molecule has 0 aliphatic heterocycles. The van der Waals surface area contributed by atoms with Crippen LogP contribution in [0.25, 0.3) is 0 Å². The third-order valence-corrected chi connectivity index (χ3v) is 5.44. The predicted molar refractivity (Wildman–Crippen MR) is 127 cm³/mol. The van der Waals surface area contributed by atoms with Gasteiger partial charge in [-0.05, 0) is 34.9 Å². The van der Waals surface area contributed by atoms with Crippen molar-refractivity contribution in [1.29, 1.82) is 10.5 Å². The molecule has 0 aromatic heterocycles. The van der Waals surface area contributed by atoms with E-state index < -0.39 is 5.60 Å². The molecule has 160 valence electrons. The summed E-state index contributed by atoms with van der Waals surface area (Å²) in [4.78, 5) is 0. The number of hydrogen-bond donors (Lipinski definition) is 0. The van der Waals surface area contributed by atoms with Crippen LogP contribution in [0.3, 0.4) is 0 Å². The molecule has 0 heterocycles. The van der Waals surface area contributed by atoms with Gasteiger partial charge in [-0.2, -0.15) is 10.5 Å². The Morgan fingerprint density at radius 3 is 1.52 bits per heavy atom. The van der Waals surface area contributed by atoms with Crippen LogP contribution in [0.2, 0.25) is 0 Å². The topological polar surface area (TPSA) is 66.0 Å². The fraction of sp³-hybridized carbons (Fsp3) is 0.103. The van der Waals surface area contributed by atoms with Crippen molar-refractivity contribution >= 4 is 0 Å². The van der Waals surface area contributed by atoms with Gasteiger partial charge in [-0.15, -0.1) is 0 Å². The number of ether oxygens (including phenoxy) is 2. The van der Waals surface area contributed by atoms with E-state index in [2.05, 4.69) is 36.4 Å². The number of benzene rings is 4. The molecule has 0 N–H and O–H groups in total. The molecule has 0 aliphatic carbocycles. The standard InChI is InChI=1S/C29H22N2O2/c30-21-23-16-17-28(20-24(23)22-31)32-18-19-33-29(25-10-4-1-5-11-25,26-12-6-2-7-13-26)27-14-8-3-9-15-27/h1-17,20H,18-19H2. The highest BCUT2D eigenvalue weighted by atomic mass is 16.5.